The first kappa shape index (κ1) is 15.4. The van der Waals surface area contributed by atoms with E-state index in [1.807, 2.05) is 18.2 Å². The van der Waals surface area contributed by atoms with Crippen molar-refractivity contribution in [3.8, 4) is 5.75 Å². The second-order valence-corrected chi connectivity index (χ2v) is 5.15. The zero-order chi connectivity index (χ0) is 15.2. The molecule has 3 heteroatoms. The monoisotopic (exact) mass is 284 g/mol. The van der Waals surface area contributed by atoms with Gasteiger partial charge in [0.05, 0.1) is 7.11 Å². The van der Waals surface area contributed by atoms with Crippen molar-refractivity contribution in [2.24, 2.45) is 0 Å². The van der Waals surface area contributed by atoms with Gasteiger partial charge < -0.3 is 15.0 Å². The van der Waals surface area contributed by atoms with Crippen LogP contribution >= 0.6 is 0 Å². The highest BCUT2D eigenvalue weighted by Crippen LogP contribution is 2.28. The van der Waals surface area contributed by atoms with Gasteiger partial charge in [-0.15, -0.1) is 0 Å². The van der Waals surface area contributed by atoms with E-state index in [0.29, 0.717) is 0 Å². The van der Waals surface area contributed by atoms with Crippen molar-refractivity contribution in [1.29, 1.82) is 0 Å². The molecule has 0 aliphatic rings. The summed E-state index contributed by atoms with van der Waals surface area (Å²) in [6.45, 7) is 6.20. The van der Waals surface area contributed by atoms with E-state index in [1.165, 1.54) is 16.8 Å². The maximum Gasteiger partial charge on any atom is 0.120 e. The van der Waals surface area contributed by atoms with Crippen LogP contribution in [0, 0.1) is 6.92 Å². The lowest BCUT2D eigenvalue weighted by Gasteiger charge is -2.21. The van der Waals surface area contributed by atoms with Crippen LogP contribution in [0.5, 0.6) is 5.75 Å². The maximum absolute atomic E-state index is 5.29. The number of rotatable bonds is 6. The molecule has 2 aromatic rings. The Morgan fingerprint density at radius 1 is 1.10 bits per heavy atom. The molecule has 0 bridgehead atoms. The normalized spacial score (nSPS) is 10.5. The van der Waals surface area contributed by atoms with Gasteiger partial charge in [-0.1, -0.05) is 19.1 Å². The Morgan fingerprint density at radius 3 is 2.52 bits per heavy atom. The van der Waals surface area contributed by atoms with E-state index in [0.717, 1.165) is 24.5 Å². The lowest BCUT2D eigenvalue weighted by atomic mass is 10.1. The number of ether oxygens (including phenoxy) is 1. The Kier molecular flexibility index (Phi) is 5.23. The molecule has 0 amide bonds. The number of benzene rings is 2. The van der Waals surface area contributed by atoms with Crippen molar-refractivity contribution < 1.29 is 4.74 Å². The molecule has 2 rings (SSSR count). The van der Waals surface area contributed by atoms with E-state index < -0.39 is 0 Å². The van der Waals surface area contributed by atoms with Crippen LogP contribution in [-0.2, 0) is 6.54 Å². The third kappa shape index (κ3) is 3.76. The van der Waals surface area contributed by atoms with Crippen LogP contribution < -0.4 is 15.0 Å². The summed E-state index contributed by atoms with van der Waals surface area (Å²) in [6.07, 6.45) is 0. The molecule has 0 saturated heterocycles. The van der Waals surface area contributed by atoms with Crippen LogP contribution in [0.4, 0.5) is 11.4 Å². The lowest BCUT2D eigenvalue weighted by molar-refractivity contribution is 0.415. The molecule has 0 aromatic heterocycles. The summed E-state index contributed by atoms with van der Waals surface area (Å²) in [4.78, 5) is 2.17. The summed E-state index contributed by atoms with van der Waals surface area (Å²) in [5.74, 6) is 0.875. The van der Waals surface area contributed by atoms with Crippen LogP contribution in [0.15, 0.2) is 42.5 Å². The standard InChI is InChI=1S/C18H24N2O/c1-5-19-13-15-9-10-17(11-14(15)2)20(3)16-7-6-8-18(12-16)21-4/h6-12,19H,5,13H2,1-4H3. The minimum absolute atomic E-state index is 0.875. The molecule has 0 aliphatic heterocycles. The number of methoxy groups -OCH3 is 1. The molecule has 0 spiro atoms. The highest BCUT2D eigenvalue weighted by Gasteiger charge is 2.07. The van der Waals surface area contributed by atoms with E-state index in [1.54, 1.807) is 7.11 Å². The van der Waals surface area contributed by atoms with Gasteiger partial charge in [0.25, 0.3) is 0 Å². The smallest absolute Gasteiger partial charge is 0.120 e. The van der Waals surface area contributed by atoms with Gasteiger partial charge in [0.15, 0.2) is 0 Å². The Balaban J connectivity index is 2.22. The number of nitrogens with zero attached hydrogens (tertiary/aromatic N) is 1. The molecule has 2 aromatic carbocycles. The first-order valence-corrected chi connectivity index (χ1v) is 7.33. The van der Waals surface area contributed by atoms with Gasteiger partial charge >= 0.3 is 0 Å². The molecule has 0 unspecified atom stereocenters. The third-order valence-corrected chi connectivity index (χ3v) is 3.72. The van der Waals surface area contributed by atoms with Gasteiger partial charge in [-0.2, -0.15) is 0 Å². The van der Waals surface area contributed by atoms with Crippen LogP contribution in [0.25, 0.3) is 0 Å². The molecule has 0 radical (unpaired) electrons. The van der Waals surface area contributed by atoms with Crippen molar-refractivity contribution in [2.45, 2.75) is 20.4 Å². The van der Waals surface area contributed by atoms with Crippen LogP contribution in [0.3, 0.4) is 0 Å². The van der Waals surface area contributed by atoms with Crippen LogP contribution in [-0.4, -0.2) is 20.7 Å². The minimum atomic E-state index is 0.875. The fraction of sp³-hybridized carbons (Fsp3) is 0.333. The predicted octanol–water partition coefficient (Wildman–Crippen LogP) is 3.88. The highest BCUT2D eigenvalue weighted by molar-refractivity contribution is 5.65. The number of aryl methyl sites for hydroxylation is 1. The van der Waals surface area contributed by atoms with E-state index >= 15 is 0 Å². The summed E-state index contributed by atoms with van der Waals surface area (Å²) in [5.41, 5.74) is 4.96. The highest BCUT2D eigenvalue weighted by atomic mass is 16.5. The molecule has 21 heavy (non-hydrogen) atoms. The van der Waals surface area contributed by atoms with Gasteiger partial charge in [-0.05, 0) is 48.9 Å². The Labute approximate surface area is 127 Å². The maximum atomic E-state index is 5.29. The molecule has 1 N–H and O–H groups in total. The zero-order valence-corrected chi connectivity index (χ0v) is 13.3. The molecular weight excluding hydrogens is 260 g/mol. The molecule has 3 nitrogen and oxygen atoms in total. The number of nitrogens with one attached hydrogen (secondary N) is 1. The molecule has 0 aliphatic carbocycles. The second-order valence-electron chi connectivity index (χ2n) is 5.15. The van der Waals surface area contributed by atoms with E-state index in [4.69, 9.17) is 4.74 Å². The van der Waals surface area contributed by atoms with Gasteiger partial charge in [-0.3, -0.25) is 0 Å². The molecule has 112 valence electrons. The van der Waals surface area contributed by atoms with Gasteiger partial charge in [-0.25, -0.2) is 0 Å². The number of anilines is 2. The zero-order valence-electron chi connectivity index (χ0n) is 13.3. The molecule has 0 atom stereocenters. The van der Waals surface area contributed by atoms with Gasteiger partial charge in [0, 0.05) is 31.0 Å². The van der Waals surface area contributed by atoms with Crippen molar-refractivity contribution >= 4 is 11.4 Å². The predicted molar refractivity (Wildman–Crippen MR) is 89.6 cm³/mol. The molecule has 0 heterocycles. The van der Waals surface area contributed by atoms with Crippen molar-refractivity contribution in [3.05, 3.63) is 53.6 Å². The summed E-state index contributed by atoms with van der Waals surface area (Å²) in [5, 5.41) is 3.37. The fourth-order valence-corrected chi connectivity index (χ4v) is 2.31. The van der Waals surface area contributed by atoms with Crippen molar-refractivity contribution in [2.75, 3.05) is 25.6 Å². The Morgan fingerprint density at radius 2 is 1.86 bits per heavy atom. The topological polar surface area (TPSA) is 24.5 Å². The minimum Gasteiger partial charge on any atom is -0.497 e. The Bertz CT molecular complexity index is 596. The average Bonchev–Trinajstić information content (AvgIpc) is 2.53. The van der Waals surface area contributed by atoms with Crippen molar-refractivity contribution in [3.63, 3.8) is 0 Å². The lowest BCUT2D eigenvalue weighted by Crippen LogP contribution is -2.14. The first-order chi connectivity index (χ1) is 10.2. The first-order valence-electron chi connectivity index (χ1n) is 7.33. The molecule has 0 fully saturated rings. The van der Waals surface area contributed by atoms with Crippen molar-refractivity contribution in [1.82, 2.24) is 5.32 Å². The van der Waals surface area contributed by atoms with Gasteiger partial charge in [0.2, 0.25) is 0 Å². The Hall–Kier alpha value is -2.00. The second kappa shape index (κ2) is 7.14. The SMILES string of the molecule is CCNCc1ccc(N(C)c2cccc(OC)c2)cc1C. The van der Waals surface area contributed by atoms with Gasteiger partial charge in [0.1, 0.15) is 5.75 Å². The van der Waals surface area contributed by atoms with Crippen LogP contribution in [0.2, 0.25) is 0 Å². The fourth-order valence-electron chi connectivity index (χ4n) is 2.31. The van der Waals surface area contributed by atoms with Crippen LogP contribution in [0.1, 0.15) is 18.1 Å². The largest absolute Gasteiger partial charge is 0.497 e. The van der Waals surface area contributed by atoms with E-state index in [-0.39, 0.29) is 0 Å². The summed E-state index contributed by atoms with van der Waals surface area (Å²) in [7, 11) is 3.77. The number of hydrogen-bond donors (Lipinski definition) is 1. The quantitative estimate of drug-likeness (QED) is 0.871. The summed E-state index contributed by atoms with van der Waals surface area (Å²) < 4.78 is 5.29. The number of hydrogen-bond acceptors (Lipinski definition) is 3. The average molecular weight is 284 g/mol. The molecule has 0 saturated carbocycles. The summed E-state index contributed by atoms with van der Waals surface area (Å²) in [6, 6.07) is 14.7. The third-order valence-electron chi connectivity index (χ3n) is 3.72. The van der Waals surface area contributed by atoms with E-state index in [2.05, 4.69) is 55.4 Å². The summed E-state index contributed by atoms with van der Waals surface area (Å²) >= 11 is 0. The molecular formula is C18H24N2O. The van der Waals surface area contributed by atoms with E-state index in [9.17, 15) is 0 Å².